The van der Waals surface area contributed by atoms with Crippen LogP contribution in [0, 0.1) is 5.41 Å². The van der Waals surface area contributed by atoms with Crippen molar-refractivity contribution in [2.75, 3.05) is 37.8 Å². The highest BCUT2D eigenvalue weighted by Gasteiger charge is 2.23. The molecule has 0 aliphatic carbocycles. The number of halogens is 3. The molecule has 1 aromatic rings. The molecule has 144 valence electrons. The molecule has 0 atom stereocenters. The number of nitrogens with zero attached hydrogens (tertiary/aromatic N) is 3. The highest BCUT2D eigenvalue weighted by molar-refractivity contribution is 6.31. The average molecular weight is 418 g/mol. The van der Waals surface area contributed by atoms with Crippen molar-refractivity contribution in [2.45, 2.75) is 12.8 Å². The minimum atomic E-state index is -0.675. The number of carbonyl (C=O) groups excluding carboxylic acids is 1. The number of aromatic nitrogens is 2. The van der Waals surface area contributed by atoms with E-state index < -0.39 is 11.9 Å². The van der Waals surface area contributed by atoms with Crippen LogP contribution in [-0.2, 0) is 4.74 Å². The van der Waals surface area contributed by atoms with Crippen LogP contribution in [0.4, 0.5) is 11.6 Å². The number of guanidine groups is 1. The second-order valence-electron chi connectivity index (χ2n) is 4.58. The Balaban J connectivity index is 0. The third kappa shape index (κ3) is 7.88. The van der Waals surface area contributed by atoms with Gasteiger partial charge in [0.05, 0.1) is 0 Å². The Kier molecular flexibility index (Phi) is 13.1. The van der Waals surface area contributed by atoms with E-state index >= 15 is 0 Å². The van der Waals surface area contributed by atoms with E-state index in [0.29, 0.717) is 26.2 Å². The SMILES string of the molecule is Cl.Cl.N=C(N)N(CCCOCCCN)C(=O)c1nc(Cl)c(N)nc1N. The van der Waals surface area contributed by atoms with Gasteiger partial charge in [0.25, 0.3) is 5.91 Å². The molecule has 1 rings (SSSR count). The summed E-state index contributed by atoms with van der Waals surface area (Å²) in [5, 5.41) is 7.38. The standard InChI is InChI=1S/C12H21ClN8O2.2ClH/c13-8-10(16)20-9(15)7(19-8)11(22)21(12(17)18)4-2-6-23-5-1-3-14;;/h1-6,14H2,(H3,17,18)(H4,15,16,20);2*1H. The molecule has 0 radical (unpaired) electrons. The number of amides is 1. The van der Waals surface area contributed by atoms with E-state index in [4.69, 9.17) is 44.7 Å². The lowest BCUT2D eigenvalue weighted by Crippen LogP contribution is -2.43. The molecule has 1 heterocycles. The van der Waals surface area contributed by atoms with Gasteiger partial charge in [0.15, 0.2) is 28.4 Å². The van der Waals surface area contributed by atoms with Crippen LogP contribution in [-0.4, -0.2) is 53.0 Å². The minimum absolute atomic E-state index is 0. The summed E-state index contributed by atoms with van der Waals surface area (Å²) in [6, 6.07) is 0. The summed E-state index contributed by atoms with van der Waals surface area (Å²) in [7, 11) is 0. The summed E-state index contributed by atoms with van der Waals surface area (Å²) >= 11 is 5.75. The fourth-order valence-electron chi connectivity index (χ4n) is 1.67. The number of nitrogen functional groups attached to an aromatic ring is 2. The van der Waals surface area contributed by atoms with Crippen LogP contribution in [0.15, 0.2) is 0 Å². The third-order valence-corrected chi connectivity index (χ3v) is 3.08. The van der Waals surface area contributed by atoms with Gasteiger partial charge in [-0.2, -0.15) is 0 Å². The number of nitrogens with one attached hydrogen (secondary N) is 1. The average Bonchev–Trinajstić information content (AvgIpc) is 2.49. The summed E-state index contributed by atoms with van der Waals surface area (Å²) in [6.45, 7) is 1.66. The van der Waals surface area contributed by atoms with Crippen LogP contribution in [0.5, 0.6) is 0 Å². The van der Waals surface area contributed by atoms with Gasteiger partial charge < -0.3 is 27.7 Å². The van der Waals surface area contributed by atoms with Crippen molar-refractivity contribution in [1.29, 1.82) is 5.41 Å². The van der Waals surface area contributed by atoms with E-state index in [1.54, 1.807) is 0 Å². The Hall–Kier alpha value is -1.59. The zero-order chi connectivity index (χ0) is 17.4. The number of ether oxygens (including phenoxy) is 1. The molecule has 0 spiro atoms. The highest BCUT2D eigenvalue weighted by Crippen LogP contribution is 2.18. The van der Waals surface area contributed by atoms with E-state index in [-0.39, 0.29) is 53.8 Å². The Morgan fingerprint density at radius 2 is 1.76 bits per heavy atom. The number of hydrogen-bond donors (Lipinski definition) is 5. The molecular weight excluding hydrogens is 395 g/mol. The summed E-state index contributed by atoms with van der Waals surface area (Å²) < 4.78 is 5.33. The zero-order valence-electron chi connectivity index (χ0n) is 13.4. The van der Waals surface area contributed by atoms with Crippen LogP contribution in [0.3, 0.4) is 0 Å². The molecule has 9 N–H and O–H groups in total. The number of nitrogens with two attached hydrogens (primary N) is 4. The van der Waals surface area contributed by atoms with Crippen molar-refractivity contribution in [2.24, 2.45) is 11.5 Å². The molecule has 0 fully saturated rings. The fourth-order valence-corrected chi connectivity index (χ4v) is 1.80. The lowest BCUT2D eigenvalue weighted by atomic mass is 10.3. The van der Waals surface area contributed by atoms with Crippen molar-refractivity contribution >= 4 is 59.9 Å². The van der Waals surface area contributed by atoms with Gasteiger partial charge in [0.2, 0.25) is 0 Å². The molecule has 0 saturated carbocycles. The number of anilines is 2. The first-order chi connectivity index (χ1) is 10.9. The molecule has 0 bridgehead atoms. The van der Waals surface area contributed by atoms with Gasteiger partial charge in [-0.15, -0.1) is 24.8 Å². The van der Waals surface area contributed by atoms with Crippen LogP contribution < -0.4 is 22.9 Å². The molecule has 0 aromatic carbocycles. The summed E-state index contributed by atoms with van der Waals surface area (Å²) in [5.41, 5.74) is 21.7. The first kappa shape index (κ1) is 25.6. The maximum atomic E-state index is 12.4. The summed E-state index contributed by atoms with van der Waals surface area (Å²) in [5.74, 6) is -1.37. The highest BCUT2D eigenvalue weighted by atomic mass is 35.5. The van der Waals surface area contributed by atoms with Crippen molar-refractivity contribution in [1.82, 2.24) is 14.9 Å². The predicted octanol–water partition coefficient (Wildman–Crippen LogP) is 0.229. The predicted molar refractivity (Wildman–Crippen MR) is 102 cm³/mol. The third-order valence-electron chi connectivity index (χ3n) is 2.81. The number of carbonyl (C=O) groups is 1. The second kappa shape index (κ2) is 12.7. The Morgan fingerprint density at radius 3 is 2.32 bits per heavy atom. The first-order valence-corrected chi connectivity index (χ1v) is 7.28. The van der Waals surface area contributed by atoms with Crippen molar-refractivity contribution in [3.63, 3.8) is 0 Å². The van der Waals surface area contributed by atoms with Gasteiger partial charge in [-0.3, -0.25) is 15.1 Å². The molecule has 10 nitrogen and oxygen atoms in total. The van der Waals surface area contributed by atoms with Gasteiger partial charge in [-0.05, 0) is 19.4 Å². The van der Waals surface area contributed by atoms with Crippen molar-refractivity contribution in [3.8, 4) is 0 Å². The summed E-state index contributed by atoms with van der Waals surface area (Å²) in [4.78, 5) is 21.0. The Bertz CT molecular complexity index is 576. The molecule has 1 aromatic heterocycles. The molecule has 0 saturated heterocycles. The van der Waals surface area contributed by atoms with Crippen LogP contribution in [0.25, 0.3) is 0 Å². The largest absolute Gasteiger partial charge is 0.382 e. The molecular formula is C12H23Cl3N8O2. The minimum Gasteiger partial charge on any atom is -0.382 e. The van der Waals surface area contributed by atoms with E-state index in [0.717, 1.165) is 11.3 Å². The lowest BCUT2D eigenvalue weighted by molar-refractivity contribution is 0.0814. The number of hydrogen-bond acceptors (Lipinski definition) is 8. The zero-order valence-corrected chi connectivity index (χ0v) is 15.8. The molecule has 25 heavy (non-hydrogen) atoms. The maximum absolute atomic E-state index is 12.4. The van der Waals surface area contributed by atoms with Gasteiger partial charge in [0, 0.05) is 19.8 Å². The van der Waals surface area contributed by atoms with Gasteiger partial charge in [-0.25, -0.2) is 9.97 Å². The normalized spacial score (nSPS) is 9.68. The Morgan fingerprint density at radius 1 is 1.16 bits per heavy atom. The first-order valence-electron chi connectivity index (χ1n) is 6.90. The van der Waals surface area contributed by atoms with E-state index in [1.807, 2.05) is 0 Å². The molecule has 0 aliphatic rings. The Labute approximate surface area is 162 Å². The van der Waals surface area contributed by atoms with E-state index in [2.05, 4.69) is 9.97 Å². The lowest BCUT2D eigenvalue weighted by Gasteiger charge is -2.20. The fraction of sp³-hybridized carbons (Fsp3) is 0.500. The topological polar surface area (TPSA) is 183 Å². The van der Waals surface area contributed by atoms with Crippen LogP contribution in [0.1, 0.15) is 23.3 Å². The molecule has 13 heteroatoms. The van der Waals surface area contributed by atoms with Gasteiger partial charge in [-0.1, -0.05) is 11.6 Å². The van der Waals surface area contributed by atoms with Gasteiger partial charge >= 0.3 is 0 Å². The maximum Gasteiger partial charge on any atom is 0.283 e. The van der Waals surface area contributed by atoms with Crippen molar-refractivity contribution < 1.29 is 9.53 Å². The number of rotatable bonds is 8. The van der Waals surface area contributed by atoms with Gasteiger partial charge in [0.1, 0.15) is 0 Å². The summed E-state index contributed by atoms with van der Waals surface area (Å²) in [6.07, 6.45) is 1.23. The van der Waals surface area contributed by atoms with Crippen LogP contribution in [0.2, 0.25) is 5.15 Å². The van der Waals surface area contributed by atoms with Crippen LogP contribution >= 0.6 is 36.4 Å². The molecule has 0 unspecified atom stereocenters. The van der Waals surface area contributed by atoms with E-state index in [9.17, 15) is 4.79 Å². The smallest absolute Gasteiger partial charge is 0.283 e. The van der Waals surface area contributed by atoms with Crippen molar-refractivity contribution in [3.05, 3.63) is 10.8 Å². The quantitative estimate of drug-likeness (QED) is 0.226. The second-order valence-corrected chi connectivity index (χ2v) is 4.94. The molecule has 0 aliphatic heterocycles. The molecule has 1 amide bonds. The van der Waals surface area contributed by atoms with E-state index in [1.165, 1.54) is 0 Å². The monoisotopic (exact) mass is 416 g/mol.